The molecule has 4 heteroatoms. The lowest BCUT2D eigenvalue weighted by atomic mass is 9.96. The van der Waals surface area contributed by atoms with Gasteiger partial charge in [0.1, 0.15) is 11.5 Å². The van der Waals surface area contributed by atoms with Crippen LogP contribution in [0.1, 0.15) is 5.56 Å². The summed E-state index contributed by atoms with van der Waals surface area (Å²) in [5.74, 6) is 1.15. The average molecular weight is 288 g/mol. The highest BCUT2D eigenvalue weighted by Crippen LogP contribution is 2.47. The Morgan fingerprint density at radius 2 is 1.70 bits per heavy atom. The first kappa shape index (κ1) is 13.3. The standard InChI is InChI=1S/C16H16O3S/c1-18-14-6-2-12(3-7-14)16(10-19-11-16)20-15-8-4-13(17)5-9-15/h2-9,17H,10-11H2,1H3. The minimum absolute atomic E-state index is 0.0384. The molecule has 1 fully saturated rings. The van der Waals surface area contributed by atoms with Gasteiger partial charge in [-0.2, -0.15) is 0 Å². The molecule has 1 aliphatic rings. The molecule has 20 heavy (non-hydrogen) atoms. The lowest BCUT2D eigenvalue weighted by molar-refractivity contribution is -0.0108. The van der Waals surface area contributed by atoms with Crippen molar-refractivity contribution in [3.05, 3.63) is 54.1 Å². The normalized spacial score (nSPS) is 16.4. The first-order chi connectivity index (χ1) is 9.72. The molecule has 104 valence electrons. The van der Waals surface area contributed by atoms with Gasteiger partial charge < -0.3 is 14.6 Å². The Morgan fingerprint density at radius 3 is 2.20 bits per heavy atom. The smallest absolute Gasteiger partial charge is 0.118 e. The third-order valence-corrected chi connectivity index (χ3v) is 4.81. The van der Waals surface area contributed by atoms with E-state index in [0.29, 0.717) is 13.2 Å². The van der Waals surface area contributed by atoms with Gasteiger partial charge in [0.2, 0.25) is 0 Å². The van der Waals surface area contributed by atoms with E-state index in [-0.39, 0.29) is 10.5 Å². The minimum Gasteiger partial charge on any atom is -0.508 e. The van der Waals surface area contributed by atoms with Gasteiger partial charge in [0.15, 0.2) is 0 Å². The molecular formula is C16H16O3S. The summed E-state index contributed by atoms with van der Waals surface area (Å²) in [6.45, 7) is 1.40. The number of ether oxygens (including phenoxy) is 2. The molecular weight excluding hydrogens is 272 g/mol. The summed E-state index contributed by atoms with van der Waals surface area (Å²) < 4.78 is 10.6. The number of aromatic hydroxyl groups is 1. The largest absolute Gasteiger partial charge is 0.508 e. The van der Waals surface area contributed by atoms with Crippen molar-refractivity contribution in [1.29, 1.82) is 0 Å². The van der Waals surface area contributed by atoms with Gasteiger partial charge in [0.25, 0.3) is 0 Å². The van der Waals surface area contributed by atoms with Crippen molar-refractivity contribution >= 4 is 11.8 Å². The quantitative estimate of drug-likeness (QED) is 0.935. The number of thioether (sulfide) groups is 1. The van der Waals surface area contributed by atoms with Crippen molar-refractivity contribution < 1.29 is 14.6 Å². The zero-order valence-corrected chi connectivity index (χ0v) is 12.0. The number of rotatable bonds is 4. The molecule has 0 saturated carbocycles. The molecule has 0 bridgehead atoms. The van der Waals surface area contributed by atoms with Gasteiger partial charge in [-0.05, 0) is 42.0 Å². The van der Waals surface area contributed by atoms with Gasteiger partial charge in [-0.25, -0.2) is 0 Å². The van der Waals surface area contributed by atoms with Gasteiger partial charge in [-0.3, -0.25) is 0 Å². The fraction of sp³-hybridized carbons (Fsp3) is 0.250. The topological polar surface area (TPSA) is 38.7 Å². The van der Waals surface area contributed by atoms with E-state index in [1.54, 1.807) is 31.0 Å². The van der Waals surface area contributed by atoms with E-state index >= 15 is 0 Å². The van der Waals surface area contributed by atoms with E-state index < -0.39 is 0 Å². The highest BCUT2D eigenvalue weighted by Gasteiger charge is 2.41. The molecule has 1 N–H and O–H groups in total. The maximum absolute atomic E-state index is 9.35. The molecule has 3 nitrogen and oxygen atoms in total. The molecule has 0 aliphatic carbocycles. The predicted molar refractivity (Wildman–Crippen MR) is 79.5 cm³/mol. The third-order valence-electron chi connectivity index (χ3n) is 3.44. The Hall–Kier alpha value is -1.65. The molecule has 1 heterocycles. The molecule has 2 aromatic carbocycles. The van der Waals surface area contributed by atoms with Gasteiger partial charge in [-0.1, -0.05) is 12.1 Å². The van der Waals surface area contributed by atoms with Crippen LogP contribution in [0, 0.1) is 0 Å². The van der Waals surface area contributed by atoms with E-state index in [1.165, 1.54) is 5.56 Å². The molecule has 0 spiro atoms. The summed E-state index contributed by atoms with van der Waals surface area (Å²) in [6.07, 6.45) is 0. The molecule has 3 rings (SSSR count). The zero-order valence-electron chi connectivity index (χ0n) is 11.2. The number of methoxy groups -OCH3 is 1. The van der Waals surface area contributed by atoms with Crippen LogP contribution in [0.4, 0.5) is 0 Å². The van der Waals surface area contributed by atoms with Crippen molar-refractivity contribution in [2.24, 2.45) is 0 Å². The van der Waals surface area contributed by atoms with Crippen molar-refractivity contribution in [3.63, 3.8) is 0 Å². The summed E-state index contributed by atoms with van der Waals surface area (Å²) in [7, 11) is 1.67. The summed E-state index contributed by atoms with van der Waals surface area (Å²) in [4.78, 5) is 1.13. The third kappa shape index (κ3) is 2.49. The van der Waals surface area contributed by atoms with Crippen LogP contribution in [-0.2, 0) is 9.48 Å². The van der Waals surface area contributed by atoms with Crippen LogP contribution in [0.5, 0.6) is 11.5 Å². The molecule has 0 unspecified atom stereocenters. The molecule has 1 saturated heterocycles. The van der Waals surface area contributed by atoms with Crippen molar-refractivity contribution in [2.45, 2.75) is 9.64 Å². The van der Waals surface area contributed by atoms with E-state index in [1.807, 2.05) is 24.3 Å². The molecule has 0 radical (unpaired) electrons. The van der Waals surface area contributed by atoms with Gasteiger partial charge in [0, 0.05) is 4.90 Å². The highest BCUT2D eigenvalue weighted by molar-refractivity contribution is 8.00. The van der Waals surface area contributed by atoms with Crippen LogP contribution in [-0.4, -0.2) is 25.4 Å². The monoisotopic (exact) mass is 288 g/mol. The summed E-state index contributed by atoms with van der Waals surface area (Å²) in [5, 5.41) is 9.35. The summed E-state index contributed by atoms with van der Waals surface area (Å²) in [5.41, 5.74) is 1.24. The SMILES string of the molecule is COc1ccc(C2(Sc3ccc(O)cc3)COC2)cc1. The van der Waals surface area contributed by atoms with Gasteiger partial charge in [0.05, 0.1) is 25.1 Å². The Balaban J connectivity index is 1.84. The number of benzene rings is 2. The Kier molecular flexibility index (Phi) is 3.59. The molecule has 1 aliphatic heterocycles. The lowest BCUT2D eigenvalue weighted by Gasteiger charge is -2.41. The number of hydrogen-bond donors (Lipinski definition) is 1. The van der Waals surface area contributed by atoms with E-state index in [4.69, 9.17) is 9.47 Å². The maximum Gasteiger partial charge on any atom is 0.118 e. The number of phenols is 1. The fourth-order valence-electron chi connectivity index (χ4n) is 2.21. The summed E-state index contributed by atoms with van der Waals surface area (Å²) in [6, 6.07) is 15.4. The van der Waals surface area contributed by atoms with E-state index in [0.717, 1.165) is 10.6 Å². The van der Waals surface area contributed by atoms with Gasteiger partial charge in [-0.15, -0.1) is 11.8 Å². The van der Waals surface area contributed by atoms with Crippen molar-refractivity contribution in [1.82, 2.24) is 0 Å². The second-order valence-electron chi connectivity index (χ2n) is 4.81. The van der Waals surface area contributed by atoms with Crippen LogP contribution < -0.4 is 4.74 Å². The predicted octanol–water partition coefficient (Wildman–Crippen LogP) is 3.42. The number of phenolic OH excluding ortho intramolecular Hbond substituents is 1. The van der Waals surface area contributed by atoms with Crippen molar-refractivity contribution in [3.8, 4) is 11.5 Å². The van der Waals surface area contributed by atoms with Gasteiger partial charge >= 0.3 is 0 Å². The zero-order chi connectivity index (χ0) is 14.0. The maximum atomic E-state index is 9.35. The molecule has 0 aromatic heterocycles. The Bertz CT molecular complexity index is 574. The van der Waals surface area contributed by atoms with Crippen LogP contribution in [0.25, 0.3) is 0 Å². The minimum atomic E-state index is -0.0384. The second kappa shape index (κ2) is 5.38. The van der Waals surface area contributed by atoms with Crippen LogP contribution >= 0.6 is 11.8 Å². The first-order valence-corrected chi connectivity index (χ1v) is 7.24. The Labute approximate surface area is 122 Å². The van der Waals surface area contributed by atoms with Crippen molar-refractivity contribution in [2.75, 3.05) is 20.3 Å². The van der Waals surface area contributed by atoms with E-state index in [2.05, 4.69) is 12.1 Å². The van der Waals surface area contributed by atoms with Crippen LogP contribution in [0.3, 0.4) is 0 Å². The number of hydrogen-bond acceptors (Lipinski definition) is 4. The lowest BCUT2D eigenvalue weighted by Crippen LogP contribution is -2.43. The fourth-order valence-corrected chi connectivity index (χ4v) is 3.47. The molecule has 0 amide bonds. The van der Waals surface area contributed by atoms with Crippen LogP contribution in [0.15, 0.2) is 53.4 Å². The molecule has 0 atom stereocenters. The summed E-state index contributed by atoms with van der Waals surface area (Å²) >= 11 is 1.78. The second-order valence-corrected chi connectivity index (χ2v) is 6.27. The van der Waals surface area contributed by atoms with Crippen LogP contribution in [0.2, 0.25) is 0 Å². The highest BCUT2D eigenvalue weighted by atomic mass is 32.2. The van der Waals surface area contributed by atoms with E-state index in [9.17, 15) is 5.11 Å². The average Bonchev–Trinajstić information content (AvgIpc) is 2.45. The first-order valence-electron chi connectivity index (χ1n) is 6.42. The molecule has 2 aromatic rings. The Morgan fingerprint density at radius 1 is 1.05 bits per heavy atom.